The van der Waals surface area contributed by atoms with Gasteiger partial charge >= 0.3 is 0 Å². The Morgan fingerprint density at radius 2 is 1.06 bits per heavy atom. The largest absolute Gasteiger partial charge is 0.466 e. The van der Waals surface area contributed by atoms with Crippen LogP contribution in [0.25, 0.3) is 32.7 Å². The fraction of sp³-hybridized carbons (Fsp3) is 0.143. The average molecular weight is 422 g/mol. The fourth-order valence-corrected chi connectivity index (χ4v) is 3.90. The normalized spacial score (nSPS) is 10.6. The number of methoxy groups -OCH3 is 2. The second-order valence-corrected chi connectivity index (χ2v) is 7.09. The molecule has 0 saturated heterocycles. The lowest BCUT2D eigenvalue weighted by Crippen LogP contribution is -2.06. The van der Waals surface area contributed by atoms with Gasteiger partial charge in [-0.2, -0.15) is 0 Å². The molecule has 0 heterocycles. The number of rotatable bonds is 7. The third-order valence-electron chi connectivity index (χ3n) is 5.21. The van der Waals surface area contributed by atoms with E-state index in [1.807, 2.05) is 60.7 Å². The van der Waals surface area contributed by atoms with Crippen LogP contribution in [0.15, 0.2) is 60.7 Å². The van der Waals surface area contributed by atoms with Gasteiger partial charge in [0.1, 0.15) is 11.5 Å². The minimum Gasteiger partial charge on any atom is -0.466 e. The third-order valence-corrected chi connectivity index (χ3v) is 5.21. The summed E-state index contributed by atoms with van der Waals surface area (Å²) >= 11 is 0. The molecule has 0 fully saturated rings. The first-order valence-corrected chi connectivity index (χ1v) is 10.0. The Bertz CT molecular complexity index is 1270. The standard InChI is InChI=1S/C28H22O4/c1-5-19-15-21-11-7-9-13-23(21)25(27(19)31-17-29-3)26-24-14-10-8-12-22(24)16-20(6-2)28(26)32-18-30-4/h1-2,7-16H,17-18H2,3-4H3. The Labute approximate surface area is 187 Å². The van der Waals surface area contributed by atoms with Gasteiger partial charge in [-0.3, -0.25) is 0 Å². The van der Waals surface area contributed by atoms with Crippen molar-refractivity contribution in [3.63, 3.8) is 0 Å². The SMILES string of the molecule is C#Cc1cc2ccccc2c(-c2c(OCOC)c(C#C)cc3ccccc23)c1OCOC. The molecule has 0 saturated carbocycles. The quantitative estimate of drug-likeness (QED) is 0.287. The van der Waals surface area contributed by atoms with Gasteiger partial charge in [0.05, 0.1) is 11.1 Å². The Kier molecular flexibility index (Phi) is 6.29. The summed E-state index contributed by atoms with van der Waals surface area (Å²) in [4.78, 5) is 0. The van der Waals surface area contributed by atoms with Gasteiger partial charge in [-0.1, -0.05) is 60.4 Å². The Morgan fingerprint density at radius 3 is 1.44 bits per heavy atom. The number of fused-ring (bicyclic) bond motifs is 2. The van der Waals surface area contributed by atoms with Crippen molar-refractivity contribution in [1.82, 2.24) is 0 Å². The van der Waals surface area contributed by atoms with Gasteiger partial charge in [-0.15, -0.1) is 12.8 Å². The molecule has 4 rings (SSSR count). The smallest absolute Gasteiger partial charge is 0.188 e. The molecule has 0 unspecified atom stereocenters. The number of ether oxygens (including phenoxy) is 4. The molecule has 0 aliphatic carbocycles. The molecule has 158 valence electrons. The lowest BCUT2D eigenvalue weighted by atomic mass is 9.89. The predicted octanol–water partition coefficient (Wildman–Crippen LogP) is 5.59. The van der Waals surface area contributed by atoms with Crippen LogP contribution in [0.3, 0.4) is 0 Å². The van der Waals surface area contributed by atoms with Gasteiger partial charge in [0.2, 0.25) is 0 Å². The molecule has 0 radical (unpaired) electrons. The van der Waals surface area contributed by atoms with Crippen LogP contribution in [0.4, 0.5) is 0 Å². The van der Waals surface area contributed by atoms with Crippen molar-refractivity contribution < 1.29 is 18.9 Å². The van der Waals surface area contributed by atoms with Crippen LogP contribution in [0.5, 0.6) is 11.5 Å². The summed E-state index contributed by atoms with van der Waals surface area (Å²) in [5.41, 5.74) is 2.83. The summed E-state index contributed by atoms with van der Waals surface area (Å²) in [6.07, 6.45) is 11.8. The minimum absolute atomic E-state index is 0.0427. The highest BCUT2D eigenvalue weighted by Gasteiger charge is 2.23. The Morgan fingerprint density at radius 1 is 0.656 bits per heavy atom. The van der Waals surface area contributed by atoms with E-state index in [-0.39, 0.29) is 13.6 Å². The van der Waals surface area contributed by atoms with Crippen molar-refractivity contribution in [1.29, 1.82) is 0 Å². The molecule has 4 aromatic rings. The van der Waals surface area contributed by atoms with Crippen molar-refractivity contribution in [3.8, 4) is 47.3 Å². The molecule has 0 aliphatic rings. The molecule has 0 aromatic heterocycles. The topological polar surface area (TPSA) is 36.9 Å². The van der Waals surface area contributed by atoms with Crippen molar-refractivity contribution in [2.75, 3.05) is 27.8 Å². The van der Waals surface area contributed by atoms with Gasteiger partial charge in [0, 0.05) is 25.3 Å². The zero-order chi connectivity index (χ0) is 22.5. The van der Waals surface area contributed by atoms with Crippen molar-refractivity contribution in [2.45, 2.75) is 0 Å². The monoisotopic (exact) mass is 422 g/mol. The van der Waals surface area contributed by atoms with Crippen LogP contribution < -0.4 is 9.47 Å². The van der Waals surface area contributed by atoms with E-state index in [1.54, 1.807) is 14.2 Å². The first-order valence-electron chi connectivity index (χ1n) is 10.0. The van der Waals surface area contributed by atoms with Crippen LogP contribution in [-0.2, 0) is 9.47 Å². The second kappa shape index (κ2) is 9.45. The maximum atomic E-state index is 6.05. The molecule has 0 bridgehead atoms. The van der Waals surface area contributed by atoms with E-state index >= 15 is 0 Å². The van der Waals surface area contributed by atoms with Gasteiger partial charge < -0.3 is 18.9 Å². The summed E-state index contributed by atoms with van der Waals surface area (Å²) in [7, 11) is 3.13. The molecular formula is C28H22O4. The van der Waals surface area contributed by atoms with Gasteiger partial charge in [-0.05, 0) is 33.7 Å². The molecule has 0 amide bonds. The Balaban J connectivity index is 2.22. The predicted molar refractivity (Wildman–Crippen MR) is 128 cm³/mol. The molecule has 0 aliphatic heterocycles. The summed E-state index contributed by atoms with van der Waals surface area (Å²) in [5.74, 6) is 6.59. The van der Waals surface area contributed by atoms with Crippen LogP contribution in [0.1, 0.15) is 11.1 Å². The molecular weight excluding hydrogens is 400 g/mol. The second-order valence-electron chi connectivity index (χ2n) is 7.09. The maximum Gasteiger partial charge on any atom is 0.188 e. The van der Waals surface area contributed by atoms with Crippen LogP contribution in [-0.4, -0.2) is 27.8 Å². The van der Waals surface area contributed by atoms with E-state index in [4.69, 9.17) is 31.8 Å². The van der Waals surface area contributed by atoms with Gasteiger partial charge in [0.15, 0.2) is 13.6 Å². The zero-order valence-electron chi connectivity index (χ0n) is 18.0. The lowest BCUT2D eigenvalue weighted by molar-refractivity contribution is 0.0500. The number of hydrogen-bond acceptors (Lipinski definition) is 4. The highest BCUT2D eigenvalue weighted by atomic mass is 16.7. The van der Waals surface area contributed by atoms with E-state index in [1.165, 1.54) is 0 Å². The highest BCUT2D eigenvalue weighted by Crippen LogP contribution is 2.48. The first kappa shape index (κ1) is 21.3. The van der Waals surface area contributed by atoms with Crippen LogP contribution >= 0.6 is 0 Å². The molecule has 4 heteroatoms. The number of hydrogen-bond donors (Lipinski definition) is 0. The average Bonchev–Trinajstić information content (AvgIpc) is 2.84. The van der Waals surface area contributed by atoms with E-state index in [0.717, 1.165) is 32.7 Å². The van der Waals surface area contributed by atoms with Crippen LogP contribution in [0.2, 0.25) is 0 Å². The van der Waals surface area contributed by atoms with Crippen molar-refractivity contribution in [2.24, 2.45) is 0 Å². The van der Waals surface area contributed by atoms with E-state index in [9.17, 15) is 0 Å². The molecule has 0 atom stereocenters. The van der Waals surface area contributed by atoms with E-state index in [2.05, 4.69) is 11.8 Å². The van der Waals surface area contributed by atoms with Crippen molar-refractivity contribution >= 4 is 21.5 Å². The summed E-state index contributed by atoms with van der Waals surface area (Å²) in [6.45, 7) is 0.0854. The fourth-order valence-electron chi connectivity index (χ4n) is 3.90. The maximum absolute atomic E-state index is 6.05. The zero-order valence-corrected chi connectivity index (χ0v) is 18.0. The van der Waals surface area contributed by atoms with Gasteiger partial charge in [-0.25, -0.2) is 0 Å². The summed E-state index contributed by atoms with van der Waals surface area (Å²) in [6, 6.07) is 19.9. The molecule has 0 spiro atoms. The summed E-state index contributed by atoms with van der Waals surface area (Å²) < 4.78 is 22.5. The molecule has 4 nitrogen and oxygen atoms in total. The molecule has 4 aromatic carbocycles. The van der Waals surface area contributed by atoms with E-state index < -0.39 is 0 Å². The van der Waals surface area contributed by atoms with E-state index in [0.29, 0.717) is 22.6 Å². The van der Waals surface area contributed by atoms with Crippen molar-refractivity contribution in [3.05, 3.63) is 71.8 Å². The third kappa shape index (κ3) is 3.74. The number of terminal acetylenes is 2. The van der Waals surface area contributed by atoms with Crippen LogP contribution in [0, 0.1) is 24.7 Å². The summed E-state index contributed by atoms with van der Waals surface area (Å²) in [5, 5.41) is 3.87. The highest BCUT2D eigenvalue weighted by molar-refractivity contribution is 6.11. The van der Waals surface area contributed by atoms with Gasteiger partial charge in [0.25, 0.3) is 0 Å². The molecule has 32 heavy (non-hydrogen) atoms. The lowest BCUT2D eigenvalue weighted by Gasteiger charge is -2.21. The number of benzene rings is 4. The molecule has 0 N–H and O–H groups in total. The first-order chi connectivity index (χ1) is 15.7. The minimum atomic E-state index is 0.0427. The Hall–Kier alpha value is -3.96.